The summed E-state index contributed by atoms with van der Waals surface area (Å²) in [5, 5.41) is 0. The Hall–Kier alpha value is -1.10. The van der Waals surface area contributed by atoms with Crippen LogP contribution < -0.4 is 0 Å². The lowest BCUT2D eigenvalue weighted by Crippen LogP contribution is -2.63. The van der Waals surface area contributed by atoms with E-state index in [9.17, 15) is 4.79 Å². The number of ketones is 1. The number of ether oxygens (including phenoxy) is 2. The van der Waals surface area contributed by atoms with Gasteiger partial charge in [-0.1, -0.05) is 51.5 Å². The van der Waals surface area contributed by atoms with E-state index in [1.54, 1.807) is 11.8 Å². The number of rotatable bonds is 3. The first-order valence-corrected chi connectivity index (χ1v) is 10.6. The summed E-state index contributed by atoms with van der Waals surface area (Å²) < 4.78 is 12.8. The molecule has 2 unspecified atom stereocenters. The molecule has 0 radical (unpaired) electrons. The zero-order valence-electron chi connectivity index (χ0n) is 16.1. The fourth-order valence-corrected chi connectivity index (χ4v) is 5.46. The van der Waals surface area contributed by atoms with Crippen LogP contribution in [0.3, 0.4) is 0 Å². The maximum atomic E-state index is 12.7. The second-order valence-corrected chi connectivity index (χ2v) is 9.93. The lowest BCUT2D eigenvalue weighted by molar-refractivity contribution is -0.495. The highest BCUT2D eigenvalue weighted by Gasteiger charge is 2.64. The largest absolute Gasteiger partial charge is 0.319 e. The molecule has 2 atom stereocenters. The van der Waals surface area contributed by atoms with Gasteiger partial charge in [-0.05, 0) is 25.0 Å². The van der Waals surface area contributed by atoms with E-state index < -0.39 is 5.79 Å². The fraction of sp³-hybridized carbons (Fsp3) is 0.591. The van der Waals surface area contributed by atoms with Crippen LogP contribution in [0.5, 0.6) is 0 Å². The standard InChI is InChI=1S/C22H28O3S/c1-14-12-16-17(13-26-15-8-6-5-7-9-15)19(23)11-10-18(16)22(14)24-20(25-22)21(2,3)4/h5-9,14,18,20H,10-13H2,1-4H3. The van der Waals surface area contributed by atoms with Gasteiger partial charge in [0.25, 0.3) is 0 Å². The topological polar surface area (TPSA) is 35.5 Å². The number of Topliss-reactive ketones (excluding diaryl/α,β-unsaturated/α-hetero) is 1. The summed E-state index contributed by atoms with van der Waals surface area (Å²) in [6.45, 7) is 8.64. The summed E-state index contributed by atoms with van der Waals surface area (Å²) in [5.41, 5.74) is 2.29. The predicted molar refractivity (Wildman–Crippen MR) is 104 cm³/mol. The molecule has 0 N–H and O–H groups in total. The number of fused-ring (bicyclic) bond motifs is 2. The molecule has 1 aliphatic heterocycles. The third-order valence-corrected chi connectivity index (χ3v) is 6.96. The second-order valence-electron chi connectivity index (χ2n) is 8.88. The molecule has 4 rings (SSSR count). The van der Waals surface area contributed by atoms with Gasteiger partial charge in [0, 0.05) is 39.9 Å². The Morgan fingerprint density at radius 2 is 1.88 bits per heavy atom. The Labute approximate surface area is 160 Å². The van der Waals surface area contributed by atoms with E-state index in [1.165, 1.54) is 10.5 Å². The van der Waals surface area contributed by atoms with Gasteiger partial charge in [0.15, 0.2) is 17.9 Å². The van der Waals surface area contributed by atoms with E-state index in [4.69, 9.17) is 9.47 Å². The van der Waals surface area contributed by atoms with Gasteiger partial charge in [-0.15, -0.1) is 11.8 Å². The van der Waals surface area contributed by atoms with E-state index in [-0.39, 0.29) is 17.6 Å². The van der Waals surface area contributed by atoms with Crippen LogP contribution in [0, 0.1) is 17.3 Å². The van der Waals surface area contributed by atoms with E-state index in [1.807, 2.05) is 18.2 Å². The zero-order chi connectivity index (χ0) is 18.5. The van der Waals surface area contributed by atoms with Crippen molar-refractivity contribution in [2.45, 2.75) is 63.9 Å². The van der Waals surface area contributed by atoms with E-state index in [0.717, 1.165) is 24.2 Å². The number of benzene rings is 1. The number of hydrogen-bond acceptors (Lipinski definition) is 4. The van der Waals surface area contributed by atoms with Gasteiger partial charge in [-0.2, -0.15) is 0 Å². The Kier molecular flexibility index (Phi) is 4.57. The normalized spacial score (nSPS) is 34.2. The van der Waals surface area contributed by atoms with Crippen molar-refractivity contribution in [2.75, 3.05) is 5.75 Å². The average Bonchev–Trinajstić information content (AvgIpc) is 2.85. The molecule has 1 spiro atoms. The van der Waals surface area contributed by atoms with Crippen molar-refractivity contribution >= 4 is 17.5 Å². The number of carbonyl (C=O) groups is 1. The van der Waals surface area contributed by atoms with Crippen LogP contribution in [0.4, 0.5) is 0 Å². The van der Waals surface area contributed by atoms with Gasteiger partial charge in [0.1, 0.15) is 0 Å². The quantitative estimate of drug-likeness (QED) is 0.682. The van der Waals surface area contributed by atoms with E-state index in [0.29, 0.717) is 18.1 Å². The molecular formula is C22H28O3S. The average molecular weight is 373 g/mol. The Morgan fingerprint density at radius 3 is 2.54 bits per heavy atom. The highest BCUT2D eigenvalue weighted by molar-refractivity contribution is 7.99. The molecule has 1 saturated heterocycles. The number of carbonyl (C=O) groups excluding carboxylic acids is 1. The maximum Gasteiger partial charge on any atom is 0.183 e. The molecule has 1 aromatic carbocycles. The lowest BCUT2D eigenvalue weighted by Gasteiger charge is -2.55. The summed E-state index contributed by atoms with van der Waals surface area (Å²) >= 11 is 1.75. The first-order chi connectivity index (χ1) is 12.3. The molecule has 0 aromatic heterocycles. The van der Waals surface area contributed by atoms with Gasteiger partial charge in [0.05, 0.1) is 0 Å². The van der Waals surface area contributed by atoms with Gasteiger partial charge in [-0.3, -0.25) is 4.79 Å². The van der Waals surface area contributed by atoms with Crippen LogP contribution in [0.1, 0.15) is 47.0 Å². The van der Waals surface area contributed by atoms with Crippen molar-refractivity contribution < 1.29 is 14.3 Å². The van der Waals surface area contributed by atoms with Crippen molar-refractivity contribution in [3.63, 3.8) is 0 Å². The summed E-state index contributed by atoms with van der Waals surface area (Å²) in [7, 11) is 0. The SMILES string of the molecule is CC1CC2=C(CSc3ccccc3)C(=O)CCC2C12OC(C(C)(C)C)O2. The van der Waals surface area contributed by atoms with E-state index in [2.05, 4.69) is 39.8 Å². The number of hydrogen-bond donors (Lipinski definition) is 0. The van der Waals surface area contributed by atoms with Gasteiger partial charge in [0.2, 0.25) is 0 Å². The van der Waals surface area contributed by atoms with Crippen molar-refractivity contribution in [1.29, 1.82) is 0 Å². The lowest BCUT2D eigenvalue weighted by atomic mass is 9.80. The summed E-state index contributed by atoms with van der Waals surface area (Å²) in [5.74, 6) is 1.09. The molecule has 3 nitrogen and oxygen atoms in total. The Morgan fingerprint density at radius 1 is 1.19 bits per heavy atom. The van der Waals surface area contributed by atoms with Crippen molar-refractivity contribution in [3.8, 4) is 0 Å². The van der Waals surface area contributed by atoms with E-state index >= 15 is 0 Å². The Balaban J connectivity index is 1.56. The minimum Gasteiger partial charge on any atom is -0.319 e. The van der Waals surface area contributed by atoms with Crippen LogP contribution in [0.25, 0.3) is 0 Å². The predicted octanol–water partition coefficient (Wildman–Crippen LogP) is 5.21. The molecule has 0 amide bonds. The van der Waals surface area contributed by atoms with Gasteiger partial charge in [-0.25, -0.2) is 0 Å². The summed E-state index contributed by atoms with van der Waals surface area (Å²) in [6, 6.07) is 10.3. The molecule has 0 bridgehead atoms. The molecule has 1 aromatic rings. The van der Waals surface area contributed by atoms with Crippen LogP contribution in [0.2, 0.25) is 0 Å². The third kappa shape index (κ3) is 2.96. The number of thioether (sulfide) groups is 1. The highest BCUT2D eigenvalue weighted by atomic mass is 32.2. The summed E-state index contributed by atoms with van der Waals surface area (Å²) in [4.78, 5) is 13.9. The second kappa shape index (κ2) is 6.50. The molecule has 1 heterocycles. The minimum absolute atomic E-state index is 0.0199. The highest BCUT2D eigenvalue weighted by Crippen LogP contribution is 2.59. The van der Waals surface area contributed by atoms with Crippen molar-refractivity contribution in [3.05, 3.63) is 41.5 Å². The monoisotopic (exact) mass is 372 g/mol. The first kappa shape index (κ1) is 18.3. The van der Waals surface area contributed by atoms with Gasteiger partial charge >= 0.3 is 0 Å². The zero-order valence-corrected chi connectivity index (χ0v) is 16.9. The van der Waals surface area contributed by atoms with Crippen LogP contribution in [-0.2, 0) is 14.3 Å². The van der Waals surface area contributed by atoms with Crippen molar-refractivity contribution in [1.82, 2.24) is 0 Å². The molecule has 26 heavy (non-hydrogen) atoms. The molecule has 3 aliphatic rings. The van der Waals surface area contributed by atoms with Crippen LogP contribution in [-0.4, -0.2) is 23.6 Å². The molecule has 2 fully saturated rings. The smallest absolute Gasteiger partial charge is 0.183 e. The fourth-order valence-electron chi connectivity index (χ4n) is 4.45. The molecule has 4 heteroatoms. The van der Waals surface area contributed by atoms with Crippen molar-refractivity contribution in [2.24, 2.45) is 17.3 Å². The molecular weight excluding hydrogens is 344 g/mol. The van der Waals surface area contributed by atoms with Gasteiger partial charge < -0.3 is 9.47 Å². The Bertz CT molecular complexity index is 726. The first-order valence-electron chi connectivity index (χ1n) is 9.60. The van der Waals surface area contributed by atoms with Crippen LogP contribution in [0.15, 0.2) is 46.4 Å². The van der Waals surface area contributed by atoms with Crippen LogP contribution >= 0.6 is 11.8 Å². The third-order valence-electron chi connectivity index (χ3n) is 5.92. The minimum atomic E-state index is -0.503. The molecule has 1 saturated carbocycles. The molecule has 140 valence electrons. The maximum absolute atomic E-state index is 12.7. The molecule has 2 aliphatic carbocycles. The summed E-state index contributed by atoms with van der Waals surface area (Å²) in [6.07, 6.45) is 2.23.